The molecular formula is C13H12BrNO4S2. The molecule has 1 aromatic carbocycles. The molecule has 0 aliphatic rings. The molecule has 0 fully saturated rings. The maximum absolute atomic E-state index is 12.5. The predicted octanol–water partition coefficient (Wildman–Crippen LogP) is 3.63. The zero-order valence-corrected chi connectivity index (χ0v) is 14.4. The number of halogens is 1. The smallest absolute Gasteiger partial charge is 0.347 e. The van der Waals surface area contributed by atoms with Gasteiger partial charge < -0.3 is 5.11 Å². The highest BCUT2D eigenvalue weighted by atomic mass is 79.9. The molecule has 0 spiro atoms. The number of aryl methyl sites for hydroxylation is 2. The van der Waals surface area contributed by atoms with Gasteiger partial charge in [0.15, 0.2) is 0 Å². The van der Waals surface area contributed by atoms with Gasteiger partial charge in [-0.05, 0) is 48.6 Å². The van der Waals surface area contributed by atoms with Crippen LogP contribution < -0.4 is 4.72 Å². The van der Waals surface area contributed by atoms with Crippen molar-refractivity contribution in [1.29, 1.82) is 0 Å². The summed E-state index contributed by atoms with van der Waals surface area (Å²) in [4.78, 5) is 10.8. The van der Waals surface area contributed by atoms with Crippen molar-refractivity contribution < 1.29 is 18.3 Å². The first kappa shape index (κ1) is 16.0. The van der Waals surface area contributed by atoms with Crippen molar-refractivity contribution in [3.8, 4) is 0 Å². The summed E-state index contributed by atoms with van der Waals surface area (Å²) in [6.45, 7) is 3.34. The first-order chi connectivity index (χ1) is 9.72. The Kier molecular flexibility index (Phi) is 4.40. The third-order valence-corrected chi connectivity index (χ3v) is 6.07. The summed E-state index contributed by atoms with van der Waals surface area (Å²) in [6, 6.07) is 5.11. The Balaban J connectivity index is 2.48. The van der Waals surface area contributed by atoms with Crippen molar-refractivity contribution in [3.63, 3.8) is 0 Å². The third kappa shape index (κ3) is 3.28. The molecule has 2 rings (SSSR count). The molecule has 0 aliphatic carbocycles. The van der Waals surface area contributed by atoms with Gasteiger partial charge in [0.2, 0.25) is 0 Å². The standard InChI is InChI=1S/C13H12BrNO4S2/c1-7-5-9(14)3-4-10(7)15-21(18,19)12-8(2)6-20-11(12)13(16)17/h3-6,15H,1-2H3,(H,16,17). The van der Waals surface area contributed by atoms with Crippen LogP contribution in [0.2, 0.25) is 0 Å². The molecule has 0 aliphatic heterocycles. The van der Waals surface area contributed by atoms with Crippen molar-refractivity contribution >= 4 is 48.9 Å². The lowest BCUT2D eigenvalue weighted by Gasteiger charge is -2.11. The molecule has 1 heterocycles. The third-order valence-electron chi connectivity index (χ3n) is 2.81. The van der Waals surface area contributed by atoms with Gasteiger partial charge in [-0.2, -0.15) is 0 Å². The Morgan fingerprint density at radius 1 is 1.29 bits per heavy atom. The molecule has 112 valence electrons. The van der Waals surface area contributed by atoms with E-state index in [1.165, 1.54) is 5.38 Å². The summed E-state index contributed by atoms with van der Waals surface area (Å²) in [5.41, 5.74) is 1.57. The fraction of sp³-hybridized carbons (Fsp3) is 0.154. The van der Waals surface area contributed by atoms with E-state index in [0.717, 1.165) is 21.4 Å². The number of aromatic carboxylic acids is 1. The second-order valence-electron chi connectivity index (χ2n) is 4.45. The minimum absolute atomic E-state index is 0.178. The summed E-state index contributed by atoms with van der Waals surface area (Å²) < 4.78 is 28.2. The summed E-state index contributed by atoms with van der Waals surface area (Å²) in [5.74, 6) is -1.25. The summed E-state index contributed by atoms with van der Waals surface area (Å²) in [7, 11) is -3.95. The monoisotopic (exact) mass is 389 g/mol. The van der Waals surface area contributed by atoms with Gasteiger partial charge in [0, 0.05) is 4.47 Å². The highest BCUT2D eigenvalue weighted by Gasteiger charge is 2.27. The van der Waals surface area contributed by atoms with Crippen molar-refractivity contribution in [2.24, 2.45) is 0 Å². The van der Waals surface area contributed by atoms with E-state index in [0.29, 0.717) is 11.3 Å². The maximum atomic E-state index is 12.5. The number of thiophene rings is 1. The Morgan fingerprint density at radius 3 is 2.52 bits per heavy atom. The van der Waals surface area contributed by atoms with E-state index in [1.807, 2.05) is 0 Å². The topological polar surface area (TPSA) is 83.5 Å². The van der Waals surface area contributed by atoms with E-state index in [1.54, 1.807) is 32.0 Å². The Morgan fingerprint density at radius 2 is 1.95 bits per heavy atom. The summed E-state index contributed by atoms with van der Waals surface area (Å²) in [6.07, 6.45) is 0. The number of carbonyl (C=O) groups is 1. The van der Waals surface area contributed by atoms with Crippen LogP contribution in [0.3, 0.4) is 0 Å². The van der Waals surface area contributed by atoms with Crippen molar-refractivity contribution in [2.45, 2.75) is 18.7 Å². The highest BCUT2D eigenvalue weighted by molar-refractivity contribution is 9.10. The Bertz CT molecular complexity index is 812. The average Bonchev–Trinajstić information content (AvgIpc) is 2.76. The molecule has 0 atom stereocenters. The fourth-order valence-corrected chi connectivity index (χ4v) is 5.09. The van der Waals surface area contributed by atoms with Crippen LogP contribution in [-0.2, 0) is 10.0 Å². The van der Waals surface area contributed by atoms with Gasteiger partial charge in [0.25, 0.3) is 10.0 Å². The van der Waals surface area contributed by atoms with Gasteiger partial charge in [-0.1, -0.05) is 15.9 Å². The largest absolute Gasteiger partial charge is 0.477 e. The maximum Gasteiger partial charge on any atom is 0.347 e. The molecule has 0 unspecified atom stereocenters. The van der Waals surface area contributed by atoms with Crippen LogP contribution >= 0.6 is 27.3 Å². The normalized spacial score (nSPS) is 11.4. The lowest BCUT2D eigenvalue weighted by atomic mass is 10.2. The minimum atomic E-state index is -3.95. The number of sulfonamides is 1. The molecule has 0 saturated heterocycles. The number of carboxylic acids is 1. The molecule has 1 aromatic heterocycles. The van der Waals surface area contributed by atoms with Crippen LogP contribution in [0.5, 0.6) is 0 Å². The molecule has 0 amide bonds. The molecule has 0 saturated carbocycles. The van der Waals surface area contributed by atoms with Crippen LogP contribution in [0.4, 0.5) is 5.69 Å². The number of benzene rings is 1. The van der Waals surface area contributed by atoms with Gasteiger partial charge >= 0.3 is 5.97 Å². The predicted molar refractivity (Wildman–Crippen MR) is 85.7 cm³/mol. The SMILES string of the molecule is Cc1cc(Br)ccc1NS(=O)(=O)c1c(C)csc1C(=O)O. The fourth-order valence-electron chi connectivity index (χ4n) is 1.85. The second kappa shape index (κ2) is 5.78. The average molecular weight is 390 g/mol. The molecular weight excluding hydrogens is 378 g/mol. The lowest BCUT2D eigenvalue weighted by molar-refractivity contribution is 0.0698. The number of hydrogen-bond acceptors (Lipinski definition) is 4. The van der Waals surface area contributed by atoms with E-state index >= 15 is 0 Å². The number of hydrogen-bond donors (Lipinski definition) is 2. The molecule has 2 N–H and O–H groups in total. The van der Waals surface area contributed by atoms with Crippen molar-refractivity contribution in [3.05, 3.63) is 44.1 Å². The zero-order valence-electron chi connectivity index (χ0n) is 11.2. The van der Waals surface area contributed by atoms with Gasteiger partial charge in [-0.15, -0.1) is 11.3 Å². The molecule has 0 bridgehead atoms. The summed E-state index contributed by atoms with van der Waals surface area (Å²) in [5, 5.41) is 10.6. The van der Waals surface area contributed by atoms with Crippen molar-refractivity contribution in [2.75, 3.05) is 4.72 Å². The first-order valence-electron chi connectivity index (χ1n) is 5.82. The van der Waals surface area contributed by atoms with Gasteiger partial charge in [0.05, 0.1) is 5.69 Å². The summed E-state index contributed by atoms with van der Waals surface area (Å²) >= 11 is 4.21. The molecule has 21 heavy (non-hydrogen) atoms. The molecule has 5 nitrogen and oxygen atoms in total. The van der Waals surface area contributed by atoms with Gasteiger partial charge in [-0.25, -0.2) is 13.2 Å². The van der Waals surface area contributed by atoms with E-state index in [-0.39, 0.29) is 9.77 Å². The Hall–Kier alpha value is -1.38. The number of carboxylic acid groups (broad SMARTS) is 1. The molecule has 2 aromatic rings. The van der Waals surface area contributed by atoms with E-state index < -0.39 is 16.0 Å². The van der Waals surface area contributed by atoms with E-state index in [2.05, 4.69) is 20.7 Å². The van der Waals surface area contributed by atoms with Crippen LogP contribution in [0, 0.1) is 13.8 Å². The number of nitrogens with one attached hydrogen (secondary N) is 1. The second-order valence-corrected chi connectivity index (χ2v) is 7.86. The van der Waals surface area contributed by atoms with Crippen LogP contribution in [0.25, 0.3) is 0 Å². The van der Waals surface area contributed by atoms with Crippen LogP contribution in [-0.4, -0.2) is 19.5 Å². The van der Waals surface area contributed by atoms with Gasteiger partial charge in [0.1, 0.15) is 9.77 Å². The van der Waals surface area contributed by atoms with E-state index in [9.17, 15) is 13.2 Å². The lowest BCUT2D eigenvalue weighted by Crippen LogP contribution is -2.16. The van der Waals surface area contributed by atoms with Crippen LogP contribution in [0.15, 0.2) is 32.9 Å². The van der Waals surface area contributed by atoms with Crippen molar-refractivity contribution in [1.82, 2.24) is 0 Å². The Labute approximate surface area is 134 Å². The van der Waals surface area contributed by atoms with Gasteiger partial charge in [-0.3, -0.25) is 4.72 Å². The molecule has 0 radical (unpaired) electrons. The first-order valence-corrected chi connectivity index (χ1v) is 8.98. The number of rotatable bonds is 4. The van der Waals surface area contributed by atoms with E-state index in [4.69, 9.17) is 5.11 Å². The molecule has 8 heteroatoms. The van der Waals surface area contributed by atoms with Crippen LogP contribution in [0.1, 0.15) is 20.8 Å². The number of anilines is 1. The quantitative estimate of drug-likeness (QED) is 0.835. The zero-order chi connectivity index (χ0) is 15.8. The minimum Gasteiger partial charge on any atom is -0.477 e. The highest BCUT2D eigenvalue weighted by Crippen LogP contribution is 2.30.